The van der Waals surface area contributed by atoms with Crippen molar-refractivity contribution in [2.75, 3.05) is 20.1 Å². The molecule has 112 valence electrons. The van der Waals surface area contributed by atoms with E-state index in [-0.39, 0.29) is 6.04 Å². The summed E-state index contributed by atoms with van der Waals surface area (Å²) < 4.78 is 26.1. The van der Waals surface area contributed by atoms with Crippen LogP contribution in [0.5, 0.6) is 0 Å². The molecule has 4 heteroatoms. The molecule has 0 spiro atoms. The first kappa shape index (κ1) is 15.4. The van der Waals surface area contributed by atoms with Gasteiger partial charge in [0.2, 0.25) is 0 Å². The van der Waals surface area contributed by atoms with Crippen molar-refractivity contribution < 1.29 is 8.78 Å². The smallest absolute Gasteiger partial charge is 0.159 e. The van der Waals surface area contributed by atoms with Gasteiger partial charge in [0, 0.05) is 19.1 Å². The van der Waals surface area contributed by atoms with Crippen LogP contribution in [0, 0.1) is 17.6 Å². The summed E-state index contributed by atoms with van der Waals surface area (Å²) in [6.07, 6.45) is 6.60. The lowest BCUT2D eigenvalue weighted by atomic mass is 9.89. The van der Waals surface area contributed by atoms with Crippen molar-refractivity contribution >= 4 is 0 Å². The van der Waals surface area contributed by atoms with Crippen LogP contribution in [0.2, 0.25) is 0 Å². The lowest BCUT2D eigenvalue weighted by Crippen LogP contribution is -2.33. The molecular formula is C16H24F2N2. The Balaban J connectivity index is 1.86. The normalized spacial score (nSPS) is 18.4. The van der Waals surface area contributed by atoms with Gasteiger partial charge in [0.05, 0.1) is 0 Å². The average Bonchev–Trinajstić information content (AvgIpc) is 2.42. The summed E-state index contributed by atoms with van der Waals surface area (Å²) in [5, 5.41) is 0. The Hall–Kier alpha value is -1.00. The number of hydrogen-bond acceptors (Lipinski definition) is 2. The molecule has 1 atom stereocenters. The molecule has 1 saturated carbocycles. The highest BCUT2D eigenvalue weighted by molar-refractivity contribution is 5.21. The summed E-state index contributed by atoms with van der Waals surface area (Å²) in [5.74, 6) is -0.893. The van der Waals surface area contributed by atoms with Crippen molar-refractivity contribution in [2.24, 2.45) is 11.7 Å². The number of nitrogens with zero attached hydrogens (tertiary/aromatic N) is 1. The van der Waals surface area contributed by atoms with Crippen LogP contribution in [0.15, 0.2) is 18.2 Å². The predicted octanol–water partition coefficient (Wildman–Crippen LogP) is 3.48. The molecule has 2 N–H and O–H groups in total. The number of halogens is 2. The molecule has 1 fully saturated rings. The van der Waals surface area contributed by atoms with Crippen molar-refractivity contribution in [2.45, 2.75) is 38.1 Å². The lowest BCUT2D eigenvalue weighted by molar-refractivity contribution is 0.224. The molecule has 0 saturated heterocycles. The average molecular weight is 282 g/mol. The molecule has 1 aliphatic carbocycles. The van der Waals surface area contributed by atoms with Crippen LogP contribution >= 0.6 is 0 Å². The minimum Gasteiger partial charge on any atom is -0.323 e. The van der Waals surface area contributed by atoms with Crippen LogP contribution in [0.3, 0.4) is 0 Å². The van der Waals surface area contributed by atoms with E-state index < -0.39 is 11.6 Å². The second kappa shape index (κ2) is 7.14. The summed E-state index contributed by atoms with van der Waals surface area (Å²) in [7, 11) is 2.05. The van der Waals surface area contributed by atoms with E-state index in [0.29, 0.717) is 12.1 Å². The zero-order chi connectivity index (χ0) is 14.5. The van der Waals surface area contributed by atoms with Gasteiger partial charge in [0.15, 0.2) is 11.6 Å². The third kappa shape index (κ3) is 4.25. The standard InChI is InChI=1S/C16H24F2N2/c1-20(10-12-5-3-2-4-6-12)11-16(19)13-7-8-14(17)15(18)9-13/h7-9,12,16H,2-6,10-11,19H2,1H3. The molecule has 1 aromatic rings. The van der Waals surface area contributed by atoms with E-state index >= 15 is 0 Å². The third-order valence-electron chi connectivity index (χ3n) is 4.17. The Labute approximate surface area is 120 Å². The first-order valence-electron chi connectivity index (χ1n) is 7.45. The summed E-state index contributed by atoms with van der Waals surface area (Å²) in [4.78, 5) is 2.21. The first-order chi connectivity index (χ1) is 9.56. The second-order valence-electron chi connectivity index (χ2n) is 6.01. The van der Waals surface area contributed by atoms with E-state index in [4.69, 9.17) is 5.73 Å². The van der Waals surface area contributed by atoms with E-state index in [9.17, 15) is 8.78 Å². The van der Waals surface area contributed by atoms with Gasteiger partial charge >= 0.3 is 0 Å². The molecule has 0 aromatic heterocycles. The van der Waals surface area contributed by atoms with Crippen LogP contribution in [0.25, 0.3) is 0 Å². The van der Waals surface area contributed by atoms with Gasteiger partial charge < -0.3 is 10.6 Å². The van der Waals surface area contributed by atoms with Crippen LogP contribution in [-0.4, -0.2) is 25.0 Å². The number of hydrogen-bond donors (Lipinski definition) is 1. The van der Waals surface area contributed by atoms with Crippen LogP contribution in [-0.2, 0) is 0 Å². The molecule has 1 unspecified atom stereocenters. The maximum absolute atomic E-state index is 13.2. The SMILES string of the molecule is CN(CC1CCCCC1)CC(N)c1ccc(F)c(F)c1. The maximum Gasteiger partial charge on any atom is 0.159 e. The van der Waals surface area contributed by atoms with Crippen molar-refractivity contribution in [3.63, 3.8) is 0 Å². The number of rotatable bonds is 5. The summed E-state index contributed by atoms with van der Waals surface area (Å²) in [5.41, 5.74) is 6.74. The fourth-order valence-corrected chi connectivity index (χ4v) is 3.07. The summed E-state index contributed by atoms with van der Waals surface area (Å²) in [6, 6.07) is 3.64. The van der Waals surface area contributed by atoms with Crippen molar-refractivity contribution in [3.8, 4) is 0 Å². The number of benzene rings is 1. The van der Waals surface area contributed by atoms with Gasteiger partial charge in [-0.1, -0.05) is 25.3 Å². The van der Waals surface area contributed by atoms with Gasteiger partial charge in [-0.15, -0.1) is 0 Å². The van der Waals surface area contributed by atoms with Gasteiger partial charge in [-0.05, 0) is 43.5 Å². The minimum atomic E-state index is -0.826. The summed E-state index contributed by atoms with van der Waals surface area (Å²) in [6.45, 7) is 1.71. The van der Waals surface area contributed by atoms with Gasteiger partial charge in [0.25, 0.3) is 0 Å². The Kier molecular flexibility index (Phi) is 5.49. The third-order valence-corrected chi connectivity index (χ3v) is 4.17. The molecule has 1 aromatic carbocycles. The Morgan fingerprint density at radius 3 is 2.55 bits per heavy atom. The van der Waals surface area contributed by atoms with Crippen LogP contribution < -0.4 is 5.73 Å². The van der Waals surface area contributed by atoms with E-state index in [1.54, 1.807) is 6.07 Å². The molecular weight excluding hydrogens is 258 g/mol. The monoisotopic (exact) mass is 282 g/mol. The topological polar surface area (TPSA) is 29.3 Å². The molecule has 0 radical (unpaired) electrons. The molecule has 0 bridgehead atoms. The number of likely N-dealkylation sites (N-methyl/N-ethyl adjacent to an activating group) is 1. The van der Waals surface area contributed by atoms with Crippen LogP contribution in [0.1, 0.15) is 43.7 Å². The Bertz CT molecular complexity index is 430. The zero-order valence-electron chi connectivity index (χ0n) is 12.1. The molecule has 0 heterocycles. The first-order valence-corrected chi connectivity index (χ1v) is 7.45. The van der Waals surface area contributed by atoms with Gasteiger partial charge in [-0.3, -0.25) is 0 Å². The largest absolute Gasteiger partial charge is 0.323 e. The molecule has 0 amide bonds. The van der Waals surface area contributed by atoms with Gasteiger partial charge in [0.1, 0.15) is 0 Å². The van der Waals surface area contributed by atoms with E-state index in [0.717, 1.165) is 18.5 Å². The van der Waals surface area contributed by atoms with Crippen molar-refractivity contribution in [1.82, 2.24) is 4.90 Å². The van der Waals surface area contributed by atoms with Crippen LogP contribution in [0.4, 0.5) is 8.78 Å². The van der Waals surface area contributed by atoms with Crippen molar-refractivity contribution in [3.05, 3.63) is 35.4 Å². The van der Waals surface area contributed by atoms with E-state index in [2.05, 4.69) is 4.90 Å². The molecule has 20 heavy (non-hydrogen) atoms. The van der Waals surface area contributed by atoms with Gasteiger partial charge in [-0.25, -0.2) is 8.78 Å². The summed E-state index contributed by atoms with van der Waals surface area (Å²) >= 11 is 0. The molecule has 2 nitrogen and oxygen atoms in total. The minimum absolute atomic E-state index is 0.279. The fourth-order valence-electron chi connectivity index (χ4n) is 3.07. The highest BCUT2D eigenvalue weighted by atomic mass is 19.2. The Morgan fingerprint density at radius 1 is 1.20 bits per heavy atom. The van der Waals surface area contributed by atoms with Gasteiger partial charge in [-0.2, -0.15) is 0 Å². The molecule has 2 rings (SSSR count). The second-order valence-corrected chi connectivity index (χ2v) is 6.01. The predicted molar refractivity (Wildman–Crippen MR) is 77.4 cm³/mol. The highest BCUT2D eigenvalue weighted by Gasteiger charge is 2.17. The molecule has 0 aliphatic heterocycles. The maximum atomic E-state index is 13.2. The highest BCUT2D eigenvalue weighted by Crippen LogP contribution is 2.24. The van der Waals surface area contributed by atoms with E-state index in [1.807, 2.05) is 7.05 Å². The van der Waals surface area contributed by atoms with Crippen molar-refractivity contribution in [1.29, 1.82) is 0 Å². The fraction of sp³-hybridized carbons (Fsp3) is 0.625. The van der Waals surface area contributed by atoms with E-state index in [1.165, 1.54) is 38.2 Å². The lowest BCUT2D eigenvalue weighted by Gasteiger charge is -2.28. The zero-order valence-corrected chi connectivity index (χ0v) is 12.1. The molecule has 1 aliphatic rings. The number of nitrogens with two attached hydrogens (primary N) is 1. The quantitative estimate of drug-likeness (QED) is 0.896. The Morgan fingerprint density at radius 2 is 1.90 bits per heavy atom.